The van der Waals surface area contributed by atoms with Crippen molar-refractivity contribution in [3.8, 4) is 0 Å². The van der Waals surface area contributed by atoms with E-state index >= 15 is 0 Å². The van der Waals surface area contributed by atoms with Crippen molar-refractivity contribution < 1.29 is 29.0 Å². The molecule has 0 spiro atoms. The Morgan fingerprint density at radius 1 is 0.882 bits per heavy atom. The number of carbonyl (C=O) groups excluding carboxylic acids is 3. The van der Waals surface area contributed by atoms with E-state index in [9.17, 15) is 24.3 Å². The zero-order valence-corrected chi connectivity index (χ0v) is 19.1. The van der Waals surface area contributed by atoms with Crippen LogP contribution in [-0.2, 0) is 23.9 Å². The van der Waals surface area contributed by atoms with Gasteiger partial charge in [0.1, 0.15) is 0 Å². The van der Waals surface area contributed by atoms with Crippen LogP contribution in [0.5, 0.6) is 0 Å². The van der Waals surface area contributed by atoms with Gasteiger partial charge in [0.15, 0.2) is 5.41 Å². The average molecular weight is 465 g/mol. The molecule has 1 saturated carbocycles. The third-order valence-corrected chi connectivity index (χ3v) is 6.68. The summed E-state index contributed by atoms with van der Waals surface area (Å²) in [7, 11) is 0. The topological polar surface area (TPSA) is 104 Å². The minimum atomic E-state index is -2.14. The molecule has 1 N–H and O–H groups in total. The highest BCUT2D eigenvalue weighted by molar-refractivity contribution is 6.29. The van der Waals surface area contributed by atoms with Gasteiger partial charge < -0.3 is 9.84 Å². The van der Waals surface area contributed by atoms with Crippen LogP contribution in [0.4, 0.5) is 11.4 Å². The lowest BCUT2D eigenvalue weighted by Crippen LogP contribution is -2.52. The Balaban J connectivity index is 1.82. The van der Waals surface area contributed by atoms with E-state index in [1.807, 2.05) is 6.92 Å². The number of esters is 1. The molecule has 8 heteroatoms. The number of hydrogen-bond donors (Lipinski definition) is 1. The maximum Gasteiger partial charge on any atom is 0.325 e. The summed E-state index contributed by atoms with van der Waals surface area (Å²) in [5.41, 5.74) is -3.00. The SMILES string of the molecule is CCCCC1(OC(=O)C2(C(=O)O)CCCC2)C(=O)N(c2ccccc2)N(c2ccccc2)C1=O. The summed E-state index contributed by atoms with van der Waals surface area (Å²) in [6, 6.07) is 17.3. The molecule has 2 aromatic rings. The Labute approximate surface area is 198 Å². The molecule has 34 heavy (non-hydrogen) atoms. The van der Waals surface area contributed by atoms with E-state index in [0.717, 1.165) is 0 Å². The third kappa shape index (κ3) is 3.73. The number of para-hydroxylation sites is 2. The second kappa shape index (κ2) is 9.29. The zero-order chi connectivity index (χ0) is 24.3. The highest BCUT2D eigenvalue weighted by atomic mass is 16.6. The average Bonchev–Trinajstić information content (AvgIpc) is 3.43. The van der Waals surface area contributed by atoms with E-state index < -0.39 is 34.8 Å². The number of carbonyl (C=O) groups is 4. The molecule has 2 amide bonds. The number of aliphatic carboxylic acids is 1. The van der Waals surface area contributed by atoms with Crippen LogP contribution in [-0.4, -0.2) is 34.5 Å². The van der Waals surface area contributed by atoms with Gasteiger partial charge in [0, 0.05) is 6.42 Å². The van der Waals surface area contributed by atoms with Gasteiger partial charge in [-0.1, -0.05) is 62.6 Å². The molecule has 2 fully saturated rings. The van der Waals surface area contributed by atoms with Crippen molar-refractivity contribution in [1.82, 2.24) is 0 Å². The highest BCUT2D eigenvalue weighted by Gasteiger charge is 2.64. The summed E-state index contributed by atoms with van der Waals surface area (Å²) in [6.45, 7) is 1.90. The van der Waals surface area contributed by atoms with Gasteiger partial charge in [0.25, 0.3) is 5.60 Å². The summed E-state index contributed by atoms with van der Waals surface area (Å²) in [4.78, 5) is 53.4. The fourth-order valence-electron chi connectivity index (χ4n) is 4.74. The molecule has 2 aliphatic rings. The normalized spacial score (nSPS) is 18.9. The van der Waals surface area contributed by atoms with Gasteiger partial charge in [-0.25, -0.2) is 10.0 Å². The fourth-order valence-corrected chi connectivity index (χ4v) is 4.74. The molecule has 0 radical (unpaired) electrons. The maximum atomic E-state index is 14.0. The lowest BCUT2D eigenvalue weighted by molar-refractivity contribution is -0.184. The van der Waals surface area contributed by atoms with Crippen molar-refractivity contribution in [2.24, 2.45) is 5.41 Å². The number of carboxylic acid groups (broad SMARTS) is 1. The molecular weight excluding hydrogens is 436 g/mol. The van der Waals surface area contributed by atoms with Gasteiger partial charge >= 0.3 is 23.8 Å². The first-order valence-corrected chi connectivity index (χ1v) is 11.6. The quantitative estimate of drug-likeness (QED) is 0.466. The van der Waals surface area contributed by atoms with E-state index in [-0.39, 0.29) is 19.3 Å². The van der Waals surface area contributed by atoms with Crippen molar-refractivity contribution in [3.05, 3.63) is 60.7 Å². The van der Waals surface area contributed by atoms with Gasteiger partial charge in [-0.2, -0.15) is 0 Å². The van der Waals surface area contributed by atoms with Gasteiger partial charge in [-0.05, 0) is 43.5 Å². The molecule has 8 nitrogen and oxygen atoms in total. The van der Waals surface area contributed by atoms with Gasteiger partial charge in [-0.3, -0.25) is 19.2 Å². The Morgan fingerprint density at radius 3 is 1.76 bits per heavy atom. The van der Waals surface area contributed by atoms with Crippen LogP contribution in [0.15, 0.2) is 60.7 Å². The first kappa shape index (κ1) is 23.5. The van der Waals surface area contributed by atoms with E-state index in [1.54, 1.807) is 60.7 Å². The van der Waals surface area contributed by atoms with E-state index in [0.29, 0.717) is 37.1 Å². The Bertz CT molecular complexity index is 1020. The molecule has 0 unspecified atom stereocenters. The first-order valence-electron chi connectivity index (χ1n) is 11.6. The summed E-state index contributed by atoms with van der Waals surface area (Å²) >= 11 is 0. The van der Waals surface area contributed by atoms with E-state index in [1.165, 1.54) is 10.0 Å². The minimum absolute atomic E-state index is 0.0325. The molecule has 1 aliphatic heterocycles. The number of carboxylic acids is 1. The maximum absolute atomic E-state index is 14.0. The van der Waals surface area contributed by atoms with Crippen molar-refractivity contribution in [2.45, 2.75) is 57.5 Å². The van der Waals surface area contributed by atoms with E-state index in [2.05, 4.69) is 0 Å². The predicted octanol–water partition coefficient (Wildman–Crippen LogP) is 4.10. The number of ether oxygens (including phenoxy) is 1. The highest BCUT2D eigenvalue weighted by Crippen LogP contribution is 2.44. The smallest absolute Gasteiger partial charge is 0.325 e. The number of hydrazine groups is 1. The third-order valence-electron chi connectivity index (χ3n) is 6.68. The molecule has 1 aliphatic carbocycles. The lowest BCUT2D eigenvalue weighted by atomic mass is 9.85. The lowest BCUT2D eigenvalue weighted by Gasteiger charge is -2.29. The van der Waals surface area contributed by atoms with E-state index in [4.69, 9.17) is 4.74 Å². The number of anilines is 2. The second-order valence-corrected chi connectivity index (χ2v) is 8.82. The van der Waals surface area contributed by atoms with Crippen molar-refractivity contribution in [2.75, 3.05) is 10.0 Å². The summed E-state index contributed by atoms with van der Waals surface area (Å²) < 4.78 is 5.78. The van der Waals surface area contributed by atoms with Crippen LogP contribution in [0.1, 0.15) is 51.9 Å². The molecule has 1 saturated heterocycles. The van der Waals surface area contributed by atoms with Crippen LogP contribution in [0.25, 0.3) is 0 Å². The van der Waals surface area contributed by atoms with Crippen LogP contribution >= 0.6 is 0 Å². The van der Waals surface area contributed by atoms with Crippen LogP contribution in [0.2, 0.25) is 0 Å². The van der Waals surface area contributed by atoms with Crippen molar-refractivity contribution in [1.29, 1.82) is 0 Å². The number of hydrogen-bond acceptors (Lipinski definition) is 5. The fraction of sp³-hybridized carbons (Fsp3) is 0.385. The van der Waals surface area contributed by atoms with Gasteiger partial charge in [0.2, 0.25) is 0 Å². The van der Waals surface area contributed by atoms with Gasteiger partial charge in [-0.15, -0.1) is 0 Å². The number of unbranched alkanes of at least 4 members (excludes halogenated alkanes) is 1. The zero-order valence-electron chi connectivity index (χ0n) is 19.1. The Hall–Kier alpha value is -3.68. The Kier molecular flexibility index (Phi) is 6.41. The molecule has 4 rings (SSSR count). The largest absolute Gasteiger partial charge is 0.480 e. The monoisotopic (exact) mass is 464 g/mol. The van der Waals surface area contributed by atoms with Crippen molar-refractivity contribution >= 4 is 35.1 Å². The first-order chi connectivity index (χ1) is 16.4. The molecular formula is C26H28N2O6. The summed E-state index contributed by atoms with van der Waals surface area (Å²) in [5, 5.41) is 12.3. The number of amides is 2. The standard InChI is InChI=1S/C26H28N2O6/c1-2-3-18-26(34-24(33)25(23(31)32)16-10-11-17-25)21(29)27(19-12-6-4-7-13-19)28(22(26)30)20-14-8-5-9-15-20/h4-9,12-15H,2-3,10-11,16-18H2,1H3,(H,31,32). The van der Waals surface area contributed by atoms with Crippen LogP contribution in [0.3, 0.4) is 0 Å². The summed E-state index contributed by atoms with van der Waals surface area (Å²) in [6.07, 6.45) is 2.44. The number of rotatable bonds is 8. The number of benzene rings is 2. The summed E-state index contributed by atoms with van der Waals surface area (Å²) in [5.74, 6) is -3.70. The number of nitrogens with zero attached hydrogens (tertiary/aromatic N) is 2. The van der Waals surface area contributed by atoms with Crippen LogP contribution in [0, 0.1) is 5.41 Å². The predicted molar refractivity (Wildman–Crippen MR) is 125 cm³/mol. The Morgan fingerprint density at radius 2 is 1.35 bits per heavy atom. The molecule has 0 bridgehead atoms. The van der Waals surface area contributed by atoms with Gasteiger partial charge in [0.05, 0.1) is 11.4 Å². The molecule has 2 aromatic carbocycles. The molecule has 1 heterocycles. The second-order valence-electron chi connectivity index (χ2n) is 8.82. The molecule has 0 aromatic heterocycles. The van der Waals surface area contributed by atoms with Crippen LogP contribution < -0.4 is 10.0 Å². The molecule has 0 atom stereocenters. The molecule has 178 valence electrons. The minimum Gasteiger partial charge on any atom is -0.480 e. The van der Waals surface area contributed by atoms with Crippen molar-refractivity contribution in [3.63, 3.8) is 0 Å².